The van der Waals surface area contributed by atoms with Gasteiger partial charge in [0.15, 0.2) is 0 Å². The number of likely N-dealkylation sites (tertiary alicyclic amines) is 2. The average molecular weight is 1110 g/mol. The number of carbonyl (C=O) groups excluding carboxylic acids is 8. The lowest BCUT2D eigenvalue weighted by molar-refractivity contribution is -0.152. The predicted octanol–water partition coefficient (Wildman–Crippen LogP) is 7.15. The molecule has 0 aliphatic carbocycles. The molecule has 2 fully saturated rings. The Morgan fingerprint density at radius 3 is 1.30 bits per heavy atom. The van der Waals surface area contributed by atoms with Gasteiger partial charge in [-0.2, -0.15) is 0 Å². The Hall–Kier alpha value is -7.18. The Bertz CT molecular complexity index is 2530. The zero-order valence-electron chi connectivity index (χ0n) is 48.9. The van der Waals surface area contributed by atoms with Crippen molar-refractivity contribution in [2.24, 2.45) is 11.3 Å². The third kappa shape index (κ3) is 21.8. The van der Waals surface area contributed by atoms with E-state index in [-0.39, 0.29) is 61.8 Å². The van der Waals surface area contributed by atoms with Crippen molar-refractivity contribution >= 4 is 47.8 Å². The number of rotatable bonds is 23. The third-order valence-corrected chi connectivity index (χ3v) is 13.5. The summed E-state index contributed by atoms with van der Waals surface area (Å²) in [7, 11) is 0. The van der Waals surface area contributed by atoms with Crippen LogP contribution in [0, 0.1) is 11.3 Å². The molecule has 2 aliphatic heterocycles. The predicted molar refractivity (Wildman–Crippen MR) is 305 cm³/mol. The van der Waals surface area contributed by atoms with Crippen LogP contribution in [0.4, 0.5) is 14.4 Å². The van der Waals surface area contributed by atoms with Crippen molar-refractivity contribution in [3.05, 3.63) is 108 Å². The van der Waals surface area contributed by atoms with E-state index in [1.807, 2.05) is 105 Å². The highest BCUT2D eigenvalue weighted by molar-refractivity contribution is 5.95. The minimum absolute atomic E-state index is 0.0526. The third-order valence-electron chi connectivity index (χ3n) is 13.5. The maximum Gasteiger partial charge on any atom is 0.408 e. The molecule has 0 bridgehead atoms. The molecule has 0 unspecified atom stereocenters. The number of piperidine rings is 1. The topological polar surface area (TPSA) is 243 Å². The van der Waals surface area contributed by atoms with E-state index < -0.39 is 83.0 Å². The van der Waals surface area contributed by atoms with Gasteiger partial charge in [-0.05, 0) is 123 Å². The molecule has 3 aromatic rings. The highest BCUT2D eigenvalue weighted by Gasteiger charge is 2.49. The van der Waals surface area contributed by atoms with Crippen LogP contribution in [0.5, 0.6) is 0 Å². The molecule has 5 rings (SSSR count). The standard InChI is InChI=1S/C61H88N8O11/c1-41(2)35-46(64-51(71)47(36-42-23-15-12-16-24-42)65-52(72)48(37-43-25-17-13-18-26-43)66-56(76)79-59(6,7)8)50(70)63-45(29-21-22-32-62-55(75)78-58(3,4)5)53(73)68-33-30-61(31-34-68)39-69(40-61)54(74)49(38-44-27-19-14-20-28-44)67-57(77)80-60(9,10)11/h12-20,23-28,41,45-49H,21-22,29-40H2,1-11H3,(H,62,75)(H,63,70)(H,64,71)(H,65,72)(H,66,76)(H,67,77)/t45-,46-,47-,48-,49-/m1/s1. The number of hydrogen-bond donors (Lipinski definition) is 6. The first-order chi connectivity index (χ1) is 37.6. The molecule has 1 spiro atoms. The second kappa shape index (κ2) is 28.8. The van der Waals surface area contributed by atoms with Gasteiger partial charge in [0.1, 0.15) is 47.0 Å². The van der Waals surface area contributed by atoms with Crippen LogP contribution in [0.2, 0.25) is 0 Å². The second-order valence-electron chi connectivity index (χ2n) is 24.7. The van der Waals surface area contributed by atoms with Crippen LogP contribution in [0.1, 0.15) is 131 Å². The molecule has 2 aliphatic rings. The molecule has 6 N–H and O–H groups in total. The van der Waals surface area contributed by atoms with Gasteiger partial charge in [0.05, 0.1) is 0 Å². The molecule has 2 saturated heterocycles. The number of nitrogens with zero attached hydrogens (tertiary/aromatic N) is 2. The minimum Gasteiger partial charge on any atom is -0.444 e. The highest BCUT2D eigenvalue weighted by Crippen LogP contribution is 2.41. The van der Waals surface area contributed by atoms with Gasteiger partial charge in [-0.15, -0.1) is 0 Å². The lowest BCUT2D eigenvalue weighted by atomic mass is 9.71. The SMILES string of the molecule is CC(C)C[C@@H](NC(=O)[C@@H](Cc1ccccc1)NC(=O)[C@@H](Cc1ccccc1)NC(=O)OC(C)(C)C)C(=O)N[C@H](CCCCNC(=O)OC(C)(C)C)C(=O)N1CCC2(CC1)CN(C(=O)[C@@H](Cc1ccccc1)NC(=O)OC(C)(C)C)C2. The maximum absolute atomic E-state index is 14.7. The van der Waals surface area contributed by atoms with E-state index in [0.717, 1.165) is 16.7 Å². The van der Waals surface area contributed by atoms with E-state index in [9.17, 15) is 38.4 Å². The zero-order chi connectivity index (χ0) is 58.8. The fourth-order valence-corrected chi connectivity index (χ4v) is 9.70. The minimum atomic E-state index is -1.20. The molecule has 438 valence electrons. The van der Waals surface area contributed by atoms with Gasteiger partial charge in [-0.25, -0.2) is 14.4 Å². The number of benzene rings is 3. The summed E-state index contributed by atoms with van der Waals surface area (Å²) in [6.45, 7) is 21.5. The Labute approximate surface area is 473 Å². The Morgan fingerprint density at radius 1 is 0.475 bits per heavy atom. The summed E-state index contributed by atoms with van der Waals surface area (Å²) in [5.41, 5.74) is -0.152. The zero-order valence-corrected chi connectivity index (χ0v) is 48.9. The first kappa shape index (κ1) is 63.6. The van der Waals surface area contributed by atoms with Gasteiger partial charge in [-0.3, -0.25) is 24.0 Å². The Balaban J connectivity index is 1.31. The van der Waals surface area contributed by atoms with E-state index in [0.29, 0.717) is 51.9 Å². The van der Waals surface area contributed by atoms with Gasteiger partial charge in [-0.1, -0.05) is 105 Å². The van der Waals surface area contributed by atoms with Crippen LogP contribution in [-0.2, 0) is 57.4 Å². The van der Waals surface area contributed by atoms with E-state index in [1.165, 1.54) is 0 Å². The molecule has 0 saturated carbocycles. The van der Waals surface area contributed by atoms with Crippen molar-refractivity contribution < 1.29 is 52.6 Å². The molecule has 8 amide bonds. The van der Waals surface area contributed by atoms with E-state index in [4.69, 9.17) is 14.2 Å². The van der Waals surface area contributed by atoms with Crippen molar-refractivity contribution in [3.63, 3.8) is 0 Å². The van der Waals surface area contributed by atoms with E-state index in [2.05, 4.69) is 31.9 Å². The summed E-state index contributed by atoms with van der Waals surface area (Å²) >= 11 is 0. The summed E-state index contributed by atoms with van der Waals surface area (Å²) in [6.07, 6.45) is 0.920. The molecule has 3 aromatic carbocycles. The number of carbonyl (C=O) groups is 8. The number of nitrogens with one attached hydrogen (secondary N) is 6. The molecule has 19 nitrogen and oxygen atoms in total. The Morgan fingerprint density at radius 2 is 0.850 bits per heavy atom. The molecule has 19 heteroatoms. The van der Waals surface area contributed by atoms with Gasteiger partial charge < -0.3 is 55.9 Å². The molecule has 80 heavy (non-hydrogen) atoms. The molecule has 0 aromatic heterocycles. The van der Waals surface area contributed by atoms with Gasteiger partial charge in [0, 0.05) is 57.4 Å². The number of alkyl carbamates (subject to hydrolysis) is 3. The van der Waals surface area contributed by atoms with Crippen LogP contribution >= 0.6 is 0 Å². The summed E-state index contributed by atoms with van der Waals surface area (Å²) in [5, 5.41) is 17.0. The molecule has 5 atom stereocenters. The number of unbranched alkanes of at least 4 members (excludes halogenated alkanes) is 1. The second-order valence-corrected chi connectivity index (χ2v) is 24.7. The van der Waals surface area contributed by atoms with Gasteiger partial charge in [0.25, 0.3) is 0 Å². The van der Waals surface area contributed by atoms with Crippen LogP contribution in [0.25, 0.3) is 0 Å². The van der Waals surface area contributed by atoms with E-state index >= 15 is 0 Å². The number of amides is 8. The van der Waals surface area contributed by atoms with Crippen LogP contribution < -0.4 is 31.9 Å². The van der Waals surface area contributed by atoms with Crippen molar-refractivity contribution in [1.82, 2.24) is 41.7 Å². The van der Waals surface area contributed by atoms with Crippen LogP contribution in [0.3, 0.4) is 0 Å². The van der Waals surface area contributed by atoms with E-state index in [1.54, 1.807) is 72.1 Å². The van der Waals surface area contributed by atoms with Crippen LogP contribution in [-0.4, -0.2) is 137 Å². The molecular weight excluding hydrogens is 1020 g/mol. The number of hydrogen-bond acceptors (Lipinski definition) is 11. The smallest absolute Gasteiger partial charge is 0.408 e. The molecule has 0 radical (unpaired) electrons. The first-order valence-corrected chi connectivity index (χ1v) is 28.1. The Kier molecular flexibility index (Phi) is 22.9. The lowest BCUT2D eigenvalue weighted by Gasteiger charge is -2.54. The molecule has 2 heterocycles. The number of ether oxygens (including phenoxy) is 3. The largest absolute Gasteiger partial charge is 0.444 e. The fourth-order valence-electron chi connectivity index (χ4n) is 9.70. The van der Waals surface area contributed by atoms with Crippen molar-refractivity contribution in [2.45, 2.75) is 181 Å². The monoisotopic (exact) mass is 1110 g/mol. The van der Waals surface area contributed by atoms with Crippen molar-refractivity contribution in [1.29, 1.82) is 0 Å². The summed E-state index contributed by atoms with van der Waals surface area (Å²) in [5.74, 6) is -2.47. The van der Waals surface area contributed by atoms with Crippen LogP contribution in [0.15, 0.2) is 91.0 Å². The first-order valence-electron chi connectivity index (χ1n) is 28.1. The maximum atomic E-state index is 14.7. The summed E-state index contributed by atoms with van der Waals surface area (Å²) in [4.78, 5) is 114. The summed E-state index contributed by atoms with van der Waals surface area (Å²) < 4.78 is 16.4. The highest BCUT2D eigenvalue weighted by atomic mass is 16.6. The average Bonchev–Trinajstić information content (AvgIpc) is 3.39. The normalized spacial score (nSPS) is 16.1. The summed E-state index contributed by atoms with van der Waals surface area (Å²) in [6, 6.07) is 22.4. The fraction of sp³-hybridized carbons (Fsp3) is 0.574. The van der Waals surface area contributed by atoms with Crippen molar-refractivity contribution in [2.75, 3.05) is 32.7 Å². The van der Waals surface area contributed by atoms with Crippen molar-refractivity contribution in [3.8, 4) is 0 Å². The lowest BCUT2D eigenvalue weighted by Crippen LogP contribution is -2.66. The quantitative estimate of drug-likeness (QED) is 0.0412. The van der Waals surface area contributed by atoms with Gasteiger partial charge >= 0.3 is 18.3 Å². The molecular formula is C61H88N8O11. The van der Waals surface area contributed by atoms with Gasteiger partial charge in [0.2, 0.25) is 29.5 Å².